The van der Waals surface area contributed by atoms with E-state index in [9.17, 15) is 10.2 Å². The number of H-pyrrole nitrogens is 1. The van der Waals surface area contributed by atoms with Gasteiger partial charge >= 0.3 is 0 Å². The Kier molecular flexibility index (Phi) is 4.20. The van der Waals surface area contributed by atoms with Crippen LogP contribution in [0.3, 0.4) is 0 Å². The third kappa shape index (κ3) is 2.84. The summed E-state index contributed by atoms with van der Waals surface area (Å²) in [5.74, 6) is 0.193. The van der Waals surface area contributed by atoms with Crippen LogP contribution < -0.4 is 0 Å². The number of hydrogen-bond acceptors (Lipinski definition) is 3. The average molecular weight is 403 g/mol. The third-order valence-corrected chi connectivity index (χ3v) is 8.22. The van der Waals surface area contributed by atoms with E-state index >= 15 is 0 Å². The largest absolute Gasteiger partial charge is 0.390 e. The number of fused-ring (bicyclic) bond motifs is 1. The Hall–Kier alpha value is -1.07. The molecule has 0 radical (unpaired) electrons. The lowest BCUT2D eigenvalue weighted by Gasteiger charge is -2.64. The van der Waals surface area contributed by atoms with Crippen LogP contribution in [0.1, 0.15) is 69.4 Å². The van der Waals surface area contributed by atoms with Gasteiger partial charge in [0, 0.05) is 29.2 Å². The second-order valence-corrected chi connectivity index (χ2v) is 10.6. The molecule has 4 nitrogen and oxygen atoms in total. The Morgan fingerprint density at radius 1 is 1.25 bits per heavy atom. The number of aryl methyl sites for hydroxylation is 1. The molecule has 0 spiro atoms. The summed E-state index contributed by atoms with van der Waals surface area (Å²) in [5.41, 5.74) is 3.04. The normalized spacial score (nSPS) is 36.9. The lowest BCUT2D eigenvalue weighted by molar-refractivity contribution is -0.221. The Morgan fingerprint density at radius 2 is 1.93 bits per heavy atom. The number of rotatable bonds is 4. The second kappa shape index (κ2) is 6.21. The molecule has 4 atom stereocenters. The lowest BCUT2D eigenvalue weighted by atomic mass is 9.54. The second-order valence-electron chi connectivity index (χ2n) is 10.3. The molecule has 4 bridgehead atoms. The fourth-order valence-electron chi connectivity index (χ4n) is 6.88. The van der Waals surface area contributed by atoms with Gasteiger partial charge in [-0.1, -0.05) is 31.5 Å². The molecule has 6 rings (SSSR count). The number of benzene rings is 1. The molecule has 2 saturated heterocycles. The van der Waals surface area contributed by atoms with Crippen molar-refractivity contribution in [3.63, 3.8) is 0 Å². The van der Waals surface area contributed by atoms with Crippen LogP contribution >= 0.6 is 11.6 Å². The number of aliphatic hydroxyl groups is 2. The highest BCUT2D eigenvalue weighted by molar-refractivity contribution is 6.36. The summed E-state index contributed by atoms with van der Waals surface area (Å²) in [5, 5.41) is 24.1. The van der Waals surface area contributed by atoms with Gasteiger partial charge in [0.15, 0.2) is 0 Å². The van der Waals surface area contributed by atoms with Gasteiger partial charge in [-0.2, -0.15) is 0 Å². The monoisotopic (exact) mass is 402 g/mol. The summed E-state index contributed by atoms with van der Waals surface area (Å²) in [6, 6.07) is 4.71. The first-order valence-corrected chi connectivity index (χ1v) is 11.0. The van der Waals surface area contributed by atoms with Crippen molar-refractivity contribution in [1.82, 2.24) is 9.88 Å². The Balaban J connectivity index is 1.38. The summed E-state index contributed by atoms with van der Waals surface area (Å²) in [7, 11) is 0. The van der Waals surface area contributed by atoms with Crippen molar-refractivity contribution in [2.24, 2.45) is 5.41 Å². The van der Waals surface area contributed by atoms with Gasteiger partial charge < -0.3 is 15.2 Å². The molecule has 5 heteroatoms. The fourth-order valence-corrected chi connectivity index (χ4v) is 7.15. The maximum atomic E-state index is 11.2. The summed E-state index contributed by atoms with van der Waals surface area (Å²) < 4.78 is 0. The number of aromatic nitrogens is 1. The topological polar surface area (TPSA) is 59.5 Å². The molecule has 4 unspecified atom stereocenters. The summed E-state index contributed by atoms with van der Waals surface area (Å²) in [6.07, 6.45) is 6.98. The molecule has 0 amide bonds. The predicted molar refractivity (Wildman–Crippen MR) is 113 cm³/mol. The van der Waals surface area contributed by atoms with Gasteiger partial charge in [-0.05, 0) is 74.0 Å². The first kappa shape index (κ1) is 18.9. The van der Waals surface area contributed by atoms with Gasteiger partial charge in [-0.25, -0.2) is 0 Å². The van der Waals surface area contributed by atoms with E-state index in [0.29, 0.717) is 18.5 Å². The molecular weight excluding hydrogens is 372 g/mol. The van der Waals surface area contributed by atoms with E-state index in [1.165, 1.54) is 5.56 Å². The number of nitrogens with zero attached hydrogens (tertiary/aromatic N) is 1. The van der Waals surface area contributed by atoms with Crippen molar-refractivity contribution >= 4 is 22.5 Å². The Morgan fingerprint density at radius 3 is 2.57 bits per heavy atom. The van der Waals surface area contributed by atoms with E-state index in [1.807, 2.05) is 19.2 Å². The first-order chi connectivity index (χ1) is 13.2. The van der Waals surface area contributed by atoms with Crippen LogP contribution in [0, 0.1) is 12.3 Å². The van der Waals surface area contributed by atoms with Crippen LogP contribution in [0.25, 0.3) is 10.9 Å². The number of aromatic amines is 1. The van der Waals surface area contributed by atoms with E-state index < -0.39 is 11.8 Å². The molecule has 2 saturated carbocycles. The molecule has 3 N–H and O–H groups in total. The Bertz CT molecular complexity index is 887. The van der Waals surface area contributed by atoms with Crippen molar-refractivity contribution in [3.8, 4) is 0 Å². The number of piperidine rings is 2. The van der Waals surface area contributed by atoms with E-state index in [2.05, 4.69) is 29.8 Å². The lowest BCUT2D eigenvalue weighted by Crippen LogP contribution is -2.69. The fraction of sp³-hybridized carbons (Fsp3) is 0.652. The van der Waals surface area contributed by atoms with Crippen molar-refractivity contribution < 1.29 is 10.2 Å². The van der Waals surface area contributed by atoms with Crippen molar-refractivity contribution in [2.45, 2.75) is 89.1 Å². The van der Waals surface area contributed by atoms with Crippen molar-refractivity contribution in [1.29, 1.82) is 0 Å². The highest BCUT2D eigenvalue weighted by atomic mass is 35.5. The Labute approximate surface area is 171 Å². The molecule has 28 heavy (non-hydrogen) atoms. The average Bonchev–Trinajstić information content (AvgIpc) is 3.00. The zero-order valence-electron chi connectivity index (χ0n) is 17.0. The zero-order chi connectivity index (χ0) is 19.8. The standard InChI is InChI=1S/C23H31ClN2O2/c1-13-4-5-18-20(21(13)24)17(11-25-18)14(2)6-19(27)26-15-7-22(3)8-16(26)10-23(28,9-15)12-22/h4-5,11,14-16,19,25,27-28H,6-10,12H2,1-3H3. The smallest absolute Gasteiger partial charge is 0.108 e. The van der Waals surface area contributed by atoms with Gasteiger partial charge in [0.1, 0.15) is 6.23 Å². The molecule has 3 heterocycles. The van der Waals surface area contributed by atoms with Crippen LogP contribution in [0.15, 0.2) is 18.3 Å². The van der Waals surface area contributed by atoms with E-state index in [-0.39, 0.29) is 11.3 Å². The van der Waals surface area contributed by atoms with Crippen LogP contribution in [-0.2, 0) is 0 Å². The first-order valence-electron chi connectivity index (χ1n) is 10.6. The molecule has 2 aromatic rings. The molecule has 1 aromatic heterocycles. The van der Waals surface area contributed by atoms with E-state index in [1.54, 1.807) is 0 Å². The number of hydrogen-bond donors (Lipinski definition) is 3. The van der Waals surface area contributed by atoms with E-state index in [4.69, 9.17) is 11.6 Å². The van der Waals surface area contributed by atoms with Gasteiger partial charge in [-0.3, -0.25) is 4.90 Å². The maximum Gasteiger partial charge on any atom is 0.108 e. The predicted octanol–water partition coefficient (Wildman–Crippen LogP) is 4.71. The SMILES string of the molecule is Cc1ccc2[nH]cc(C(C)CC(O)N3C4CC5(C)CC3CC(O)(C4)C5)c2c1Cl. The minimum absolute atomic E-state index is 0.193. The molecular formula is C23H31ClN2O2. The minimum atomic E-state index is -0.510. The van der Waals surface area contributed by atoms with Gasteiger partial charge in [0.05, 0.1) is 10.6 Å². The van der Waals surface area contributed by atoms with Gasteiger partial charge in [0.2, 0.25) is 0 Å². The van der Waals surface area contributed by atoms with Crippen LogP contribution in [0.5, 0.6) is 0 Å². The number of aliphatic hydroxyl groups excluding tert-OH is 1. The quantitative estimate of drug-likeness (QED) is 0.694. The number of halogens is 1. The van der Waals surface area contributed by atoms with Gasteiger partial charge in [-0.15, -0.1) is 0 Å². The highest BCUT2D eigenvalue weighted by Crippen LogP contribution is 2.58. The van der Waals surface area contributed by atoms with Crippen LogP contribution in [0.4, 0.5) is 0 Å². The van der Waals surface area contributed by atoms with Crippen molar-refractivity contribution in [2.75, 3.05) is 0 Å². The number of nitrogens with one attached hydrogen (secondary N) is 1. The summed E-state index contributed by atoms with van der Waals surface area (Å²) in [4.78, 5) is 5.67. The van der Waals surface area contributed by atoms with Crippen molar-refractivity contribution in [3.05, 3.63) is 34.5 Å². The van der Waals surface area contributed by atoms with Crippen LogP contribution in [0.2, 0.25) is 5.02 Å². The summed E-state index contributed by atoms with van der Waals surface area (Å²) >= 11 is 6.61. The molecule has 2 aliphatic carbocycles. The molecule has 1 aromatic carbocycles. The van der Waals surface area contributed by atoms with Crippen LogP contribution in [-0.4, -0.2) is 44.0 Å². The van der Waals surface area contributed by atoms with E-state index in [0.717, 1.165) is 53.6 Å². The molecule has 4 fully saturated rings. The minimum Gasteiger partial charge on any atom is -0.390 e. The molecule has 152 valence electrons. The van der Waals surface area contributed by atoms with Gasteiger partial charge in [0.25, 0.3) is 0 Å². The maximum absolute atomic E-state index is 11.2. The third-order valence-electron chi connectivity index (χ3n) is 7.73. The molecule has 4 aliphatic rings. The summed E-state index contributed by atoms with van der Waals surface area (Å²) in [6.45, 7) is 6.53. The zero-order valence-corrected chi connectivity index (χ0v) is 17.8. The highest BCUT2D eigenvalue weighted by Gasteiger charge is 2.59. The molecule has 2 aliphatic heterocycles.